The Hall–Kier alpha value is -0.470. The SMILES string of the molecule is CCN1CC[C@@H](NCCNS(=O)(=O)c2ccc(C)s2)[C@@H](C)C1. The monoisotopic (exact) mass is 345 g/mol. The van der Waals surface area contributed by atoms with E-state index >= 15 is 0 Å². The Labute approximate surface area is 138 Å². The second kappa shape index (κ2) is 7.88. The average molecular weight is 346 g/mol. The standard InChI is InChI=1S/C15H27N3O2S2/c1-4-18-10-7-14(12(2)11-18)16-8-9-17-22(19,20)15-6-5-13(3)21-15/h5-6,12,14,16-17H,4,7-11H2,1-3H3/t12-,14+/m0/s1. The van der Waals surface area contributed by atoms with E-state index in [1.54, 1.807) is 6.07 Å². The molecule has 0 saturated carbocycles. The van der Waals surface area contributed by atoms with Crippen LogP contribution in [0, 0.1) is 12.8 Å². The zero-order valence-corrected chi connectivity index (χ0v) is 15.3. The van der Waals surface area contributed by atoms with Crippen molar-refractivity contribution in [2.24, 2.45) is 5.92 Å². The zero-order chi connectivity index (χ0) is 16.2. The average Bonchev–Trinajstić information content (AvgIpc) is 2.92. The molecule has 126 valence electrons. The van der Waals surface area contributed by atoms with E-state index in [2.05, 4.69) is 28.8 Å². The Bertz CT molecular complexity index is 571. The largest absolute Gasteiger partial charge is 0.312 e. The minimum absolute atomic E-state index is 0.398. The maximum absolute atomic E-state index is 12.1. The molecule has 1 saturated heterocycles. The topological polar surface area (TPSA) is 61.4 Å². The van der Waals surface area contributed by atoms with Crippen LogP contribution in [0.25, 0.3) is 0 Å². The molecule has 2 rings (SSSR count). The molecule has 1 fully saturated rings. The second-order valence-corrected chi connectivity index (χ2v) is 9.26. The number of aryl methyl sites for hydroxylation is 1. The van der Waals surface area contributed by atoms with E-state index in [0.29, 0.717) is 29.3 Å². The summed E-state index contributed by atoms with van der Waals surface area (Å²) in [5.74, 6) is 0.602. The Morgan fingerprint density at radius 1 is 1.36 bits per heavy atom. The molecule has 2 heterocycles. The Morgan fingerprint density at radius 3 is 2.73 bits per heavy atom. The first-order chi connectivity index (χ1) is 10.4. The predicted molar refractivity (Wildman–Crippen MR) is 91.9 cm³/mol. The number of thiophene rings is 1. The van der Waals surface area contributed by atoms with Crippen LogP contribution in [0.1, 0.15) is 25.1 Å². The normalized spacial score (nSPS) is 23.8. The number of hydrogen-bond donors (Lipinski definition) is 2. The van der Waals surface area contributed by atoms with Gasteiger partial charge in [0.05, 0.1) is 0 Å². The van der Waals surface area contributed by atoms with Gasteiger partial charge in [-0.05, 0) is 44.5 Å². The smallest absolute Gasteiger partial charge is 0.250 e. The van der Waals surface area contributed by atoms with Crippen LogP contribution in [0.15, 0.2) is 16.3 Å². The van der Waals surface area contributed by atoms with Gasteiger partial charge in [-0.15, -0.1) is 11.3 Å². The van der Waals surface area contributed by atoms with Crippen molar-refractivity contribution in [3.8, 4) is 0 Å². The van der Waals surface area contributed by atoms with Gasteiger partial charge in [-0.25, -0.2) is 13.1 Å². The lowest BCUT2D eigenvalue weighted by Gasteiger charge is -2.36. The Kier molecular flexibility index (Phi) is 6.40. The molecule has 7 heteroatoms. The van der Waals surface area contributed by atoms with Crippen LogP contribution in [0.5, 0.6) is 0 Å². The quantitative estimate of drug-likeness (QED) is 0.738. The van der Waals surface area contributed by atoms with Crippen molar-refractivity contribution >= 4 is 21.4 Å². The minimum Gasteiger partial charge on any atom is -0.312 e. The first kappa shape index (κ1) is 17.9. The summed E-state index contributed by atoms with van der Waals surface area (Å²) < 4.78 is 27.3. The van der Waals surface area contributed by atoms with Gasteiger partial charge in [0, 0.05) is 30.6 Å². The molecule has 1 aromatic rings. The van der Waals surface area contributed by atoms with E-state index in [1.165, 1.54) is 11.3 Å². The van der Waals surface area contributed by atoms with Gasteiger partial charge in [0.15, 0.2) is 0 Å². The lowest BCUT2D eigenvalue weighted by Crippen LogP contribution is -2.49. The Balaban J connectivity index is 1.73. The van der Waals surface area contributed by atoms with E-state index in [9.17, 15) is 8.42 Å². The summed E-state index contributed by atoms with van der Waals surface area (Å²) in [6, 6.07) is 3.98. The van der Waals surface area contributed by atoms with E-state index < -0.39 is 10.0 Å². The van der Waals surface area contributed by atoms with Crippen LogP contribution in [0.2, 0.25) is 0 Å². The molecule has 0 unspecified atom stereocenters. The maximum Gasteiger partial charge on any atom is 0.250 e. The molecule has 1 aromatic heterocycles. The highest BCUT2D eigenvalue weighted by Gasteiger charge is 2.24. The number of nitrogens with one attached hydrogen (secondary N) is 2. The molecule has 1 aliphatic heterocycles. The second-order valence-electron chi connectivity index (χ2n) is 5.98. The third kappa shape index (κ3) is 4.76. The van der Waals surface area contributed by atoms with Gasteiger partial charge in [-0.2, -0.15) is 0 Å². The van der Waals surface area contributed by atoms with Gasteiger partial charge in [0.1, 0.15) is 4.21 Å². The third-order valence-electron chi connectivity index (χ3n) is 4.24. The number of rotatable bonds is 7. The molecule has 0 radical (unpaired) electrons. The van der Waals surface area contributed by atoms with Crippen LogP contribution in [-0.4, -0.2) is 52.1 Å². The van der Waals surface area contributed by atoms with Crippen molar-refractivity contribution in [1.29, 1.82) is 0 Å². The van der Waals surface area contributed by atoms with Gasteiger partial charge in [0.25, 0.3) is 0 Å². The highest BCUT2D eigenvalue weighted by Crippen LogP contribution is 2.20. The molecule has 0 aromatic carbocycles. The number of sulfonamides is 1. The van der Waals surface area contributed by atoms with E-state index in [1.807, 2.05) is 13.0 Å². The Morgan fingerprint density at radius 2 is 2.14 bits per heavy atom. The summed E-state index contributed by atoms with van der Waals surface area (Å²) in [6.07, 6.45) is 1.13. The van der Waals surface area contributed by atoms with Crippen molar-refractivity contribution in [2.45, 2.75) is 37.4 Å². The first-order valence-corrected chi connectivity index (χ1v) is 10.2. The number of hydrogen-bond acceptors (Lipinski definition) is 5. The molecule has 2 atom stereocenters. The van der Waals surface area contributed by atoms with Crippen LogP contribution >= 0.6 is 11.3 Å². The molecular weight excluding hydrogens is 318 g/mol. The first-order valence-electron chi connectivity index (χ1n) is 7.94. The van der Waals surface area contributed by atoms with Gasteiger partial charge < -0.3 is 10.2 Å². The summed E-state index contributed by atoms with van der Waals surface area (Å²) in [6.45, 7) is 10.8. The van der Waals surface area contributed by atoms with Crippen LogP contribution in [-0.2, 0) is 10.0 Å². The summed E-state index contributed by atoms with van der Waals surface area (Å²) >= 11 is 1.31. The van der Waals surface area contributed by atoms with E-state index in [0.717, 1.165) is 30.9 Å². The van der Waals surface area contributed by atoms with Crippen LogP contribution in [0.4, 0.5) is 0 Å². The number of likely N-dealkylation sites (tertiary alicyclic amines) is 1. The fourth-order valence-electron chi connectivity index (χ4n) is 2.89. The van der Waals surface area contributed by atoms with Crippen molar-refractivity contribution in [3.05, 3.63) is 17.0 Å². The van der Waals surface area contributed by atoms with Crippen molar-refractivity contribution in [2.75, 3.05) is 32.7 Å². The van der Waals surface area contributed by atoms with Gasteiger partial charge in [-0.3, -0.25) is 0 Å². The molecule has 2 N–H and O–H groups in total. The molecule has 1 aliphatic rings. The van der Waals surface area contributed by atoms with Crippen LogP contribution < -0.4 is 10.0 Å². The van der Waals surface area contributed by atoms with Crippen molar-refractivity contribution in [3.63, 3.8) is 0 Å². The molecule has 0 bridgehead atoms. The van der Waals surface area contributed by atoms with Crippen LogP contribution in [0.3, 0.4) is 0 Å². The van der Waals surface area contributed by atoms with Crippen molar-refractivity contribution < 1.29 is 8.42 Å². The highest BCUT2D eigenvalue weighted by molar-refractivity contribution is 7.91. The lowest BCUT2D eigenvalue weighted by molar-refractivity contribution is 0.154. The third-order valence-corrected chi connectivity index (χ3v) is 7.19. The molecular formula is C15H27N3O2S2. The zero-order valence-electron chi connectivity index (χ0n) is 13.6. The van der Waals surface area contributed by atoms with Gasteiger partial charge >= 0.3 is 0 Å². The minimum atomic E-state index is -3.35. The molecule has 5 nitrogen and oxygen atoms in total. The fourth-order valence-corrected chi connectivity index (χ4v) is 5.25. The predicted octanol–water partition coefficient (Wildman–Crippen LogP) is 1.65. The summed E-state index contributed by atoms with van der Waals surface area (Å²) in [7, 11) is -3.35. The molecule has 0 amide bonds. The number of nitrogens with zero attached hydrogens (tertiary/aromatic N) is 1. The molecule has 22 heavy (non-hydrogen) atoms. The fraction of sp³-hybridized carbons (Fsp3) is 0.733. The molecule has 0 aliphatic carbocycles. The lowest BCUT2D eigenvalue weighted by atomic mass is 9.94. The van der Waals surface area contributed by atoms with Crippen molar-refractivity contribution in [1.82, 2.24) is 14.9 Å². The van der Waals surface area contributed by atoms with Gasteiger partial charge in [0.2, 0.25) is 10.0 Å². The van der Waals surface area contributed by atoms with E-state index in [-0.39, 0.29) is 0 Å². The summed E-state index contributed by atoms with van der Waals surface area (Å²) in [4.78, 5) is 3.47. The number of piperidine rings is 1. The summed E-state index contributed by atoms with van der Waals surface area (Å²) in [5, 5.41) is 3.50. The van der Waals surface area contributed by atoms with E-state index in [4.69, 9.17) is 0 Å². The van der Waals surface area contributed by atoms with Gasteiger partial charge in [-0.1, -0.05) is 13.8 Å². The maximum atomic E-state index is 12.1. The summed E-state index contributed by atoms with van der Waals surface area (Å²) in [5.41, 5.74) is 0. The highest BCUT2D eigenvalue weighted by atomic mass is 32.2. The molecule has 0 spiro atoms.